The van der Waals surface area contributed by atoms with Gasteiger partial charge in [-0.25, -0.2) is 4.79 Å². The normalized spacial score (nSPS) is 14.7. The Labute approximate surface area is 130 Å². The predicted molar refractivity (Wildman–Crippen MR) is 89.1 cm³/mol. The number of rotatable bonds is 3. The molecule has 1 aromatic heterocycles. The molecule has 1 N–H and O–H groups in total. The van der Waals surface area contributed by atoms with Gasteiger partial charge in [0.2, 0.25) is 0 Å². The number of aromatic nitrogens is 1. The Bertz CT molecular complexity index is 760. The molecule has 22 heavy (non-hydrogen) atoms. The molecular formula is C19H21NO2. The molecule has 2 aromatic rings. The zero-order valence-electron chi connectivity index (χ0n) is 13.1. The molecule has 3 rings (SSSR count). The molecule has 0 spiro atoms. The van der Waals surface area contributed by atoms with Crippen molar-refractivity contribution in [3.8, 4) is 0 Å². The highest BCUT2D eigenvalue weighted by molar-refractivity contribution is 5.95. The van der Waals surface area contributed by atoms with Crippen molar-refractivity contribution in [3.05, 3.63) is 46.7 Å². The summed E-state index contributed by atoms with van der Waals surface area (Å²) in [6, 6.07) is 6.23. The molecular weight excluding hydrogens is 274 g/mol. The van der Waals surface area contributed by atoms with Crippen molar-refractivity contribution in [2.24, 2.45) is 0 Å². The van der Waals surface area contributed by atoms with Gasteiger partial charge in [-0.1, -0.05) is 32.0 Å². The van der Waals surface area contributed by atoms with E-state index >= 15 is 0 Å². The Hall–Kier alpha value is -2.16. The van der Waals surface area contributed by atoms with E-state index in [4.69, 9.17) is 10.1 Å². The van der Waals surface area contributed by atoms with Gasteiger partial charge < -0.3 is 5.11 Å². The second-order valence-corrected chi connectivity index (χ2v) is 6.23. The molecule has 0 aliphatic heterocycles. The van der Waals surface area contributed by atoms with Gasteiger partial charge in [0.15, 0.2) is 0 Å². The van der Waals surface area contributed by atoms with Crippen LogP contribution in [0.5, 0.6) is 0 Å². The molecule has 0 radical (unpaired) electrons. The summed E-state index contributed by atoms with van der Waals surface area (Å²) in [5, 5.41) is 10.1. The lowest BCUT2D eigenvalue weighted by Crippen LogP contribution is -2.09. The van der Waals surface area contributed by atoms with Crippen LogP contribution in [0.25, 0.3) is 17.0 Å². The quantitative estimate of drug-likeness (QED) is 0.857. The summed E-state index contributed by atoms with van der Waals surface area (Å²) >= 11 is 0. The van der Waals surface area contributed by atoms with E-state index in [1.807, 2.05) is 6.07 Å². The third-order valence-corrected chi connectivity index (χ3v) is 4.38. The van der Waals surface area contributed by atoms with Gasteiger partial charge in [0.1, 0.15) is 0 Å². The molecule has 114 valence electrons. The molecule has 0 saturated heterocycles. The van der Waals surface area contributed by atoms with E-state index in [0.29, 0.717) is 5.92 Å². The SMILES string of the molecule is CC(C)c1cccc2c(/C=C/C(=O)O)c3c(nc12)CCCC3. The standard InChI is InChI=1S/C19H21NO2/c1-12(2)13-7-5-8-16-14(10-11-18(21)22)15-6-3-4-9-17(15)20-19(13)16/h5,7-8,10-12H,3-4,6,9H2,1-2H3,(H,21,22)/b11-10+. The lowest BCUT2D eigenvalue weighted by Gasteiger charge is -2.21. The van der Waals surface area contributed by atoms with E-state index < -0.39 is 5.97 Å². The molecule has 1 aliphatic rings. The van der Waals surface area contributed by atoms with Crippen molar-refractivity contribution >= 4 is 22.9 Å². The highest BCUT2D eigenvalue weighted by Crippen LogP contribution is 2.33. The van der Waals surface area contributed by atoms with E-state index in [-0.39, 0.29) is 0 Å². The number of fused-ring (bicyclic) bond motifs is 2. The second-order valence-electron chi connectivity index (χ2n) is 6.23. The van der Waals surface area contributed by atoms with Gasteiger partial charge in [-0.2, -0.15) is 0 Å². The van der Waals surface area contributed by atoms with Crippen LogP contribution in [-0.2, 0) is 17.6 Å². The maximum Gasteiger partial charge on any atom is 0.328 e. The average molecular weight is 295 g/mol. The molecule has 0 bridgehead atoms. The minimum Gasteiger partial charge on any atom is -0.478 e. The second kappa shape index (κ2) is 5.91. The molecule has 0 saturated carbocycles. The van der Waals surface area contributed by atoms with E-state index in [1.165, 1.54) is 17.2 Å². The number of benzene rings is 1. The van der Waals surface area contributed by atoms with Gasteiger partial charge in [-0.15, -0.1) is 0 Å². The van der Waals surface area contributed by atoms with Crippen LogP contribution in [0, 0.1) is 0 Å². The smallest absolute Gasteiger partial charge is 0.328 e. The zero-order valence-corrected chi connectivity index (χ0v) is 13.1. The number of pyridine rings is 1. The predicted octanol–water partition coefficient (Wildman–Crippen LogP) is 4.33. The summed E-state index contributed by atoms with van der Waals surface area (Å²) < 4.78 is 0. The van der Waals surface area contributed by atoms with Gasteiger partial charge in [0.05, 0.1) is 5.52 Å². The average Bonchev–Trinajstić information content (AvgIpc) is 2.50. The Morgan fingerprint density at radius 3 is 2.77 bits per heavy atom. The minimum absolute atomic E-state index is 0.397. The Kier molecular flexibility index (Phi) is 3.97. The first-order valence-electron chi connectivity index (χ1n) is 7.93. The van der Waals surface area contributed by atoms with Crippen molar-refractivity contribution in [1.82, 2.24) is 4.98 Å². The molecule has 0 amide bonds. The highest BCUT2D eigenvalue weighted by Gasteiger charge is 2.18. The van der Waals surface area contributed by atoms with Crippen LogP contribution in [0.2, 0.25) is 0 Å². The summed E-state index contributed by atoms with van der Waals surface area (Å²) in [5.41, 5.74) is 5.69. The number of para-hydroxylation sites is 1. The van der Waals surface area contributed by atoms with Crippen molar-refractivity contribution in [2.75, 3.05) is 0 Å². The van der Waals surface area contributed by atoms with Crippen LogP contribution < -0.4 is 0 Å². The van der Waals surface area contributed by atoms with E-state index in [2.05, 4.69) is 26.0 Å². The molecule has 1 aromatic carbocycles. The van der Waals surface area contributed by atoms with E-state index in [9.17, 15) is 4.79 Å². The monoisotopic (exact) mass is 295 g/mol. The van der Waals surface area contributed by atoms with Crippen LogP contribution in [0.4, 0.5) is 0 Å². The third kappa shape index (κ3) is 2.63. The molecule has 0 unspecified atom stereocenters. The number of hydrogen-bond acceptors (Lipinski definition) is 2. The topological polar surface area (TPSA) is 50.2 Å². The summed E-state index contributed by atoms with van der Waals surface area (Å²) in [6.07, 6.45) is 7.29. The number of carboxylic acid groups (broad SMARTS) is 1. The summed E-state index contributed by atoms with van der Waals surface area (Å²) in [4.78, 5) is 15.9. The van der Waals surface area contributed by atoms with Crippen LogP contribution in [0.1, 0.15) is 55.0 Å². The van der Waals surface area contributed by atoms with Crippen molar-refractivity contribution < 1.29 is 9.90 Å². The lowest BCUT2D eigenvalue weighted by molar-refractivity contribution is -0.131. The van der Waals surface area contributed by atoms with Crippen molar-refractivity contribution in [3.63, 3.8) is 0 Å². The van der Waals surface area contributed by atoms with Gasteiger partial charge >= 0.3 is 5.97 Å². The maximum absolute atomic E-state index is 10.9. The minimum atomic E-state index is -0.908. The first kappa shape index (κ1) is 14.8. The fourth-order valence-corrected chi connectivity index (χ4v) is 3.31. The largest absolute Gasteiger partial charge is 0.478 e. The first-order chi connectivity index (χ1) is 10.6. The van der Waals surface area contributed by atoms with Crippen LogP contribution in [0.15, 0.2) is 24.3 Å². The van der Waals surface area contributed by atoms with Gasteiger partial charge in [-0.3, -0.25) is 4.98 Å². The van der Waals surface area contributed by atoms with Crippen LogP contribution >= 0.6 is 0 Å². The fourth-order valence-electron chi connectivity index (χ4n) is 3.31. The number of hydrogen-bond donors (Lipinski definition) is 1. The van der Waals surface area contributed by atoms with Gasteiger partial charge in [0, 0.05) is 17.2 Å². The molecule has 1 aliphatic carbocycles. The Morgan fingerprint density at radius 1 is 1.27 bits per heavy atom. The number of nitrogens with zero attached hydrogens (tertiary/aromatic N) is 1. The van der Waals surface area contributed by atoms with Gasteiger partial charge in [-0.05, 0) is 54.4 Å². The number of carbonyl (C=O) groups is 1. The molecule has 0 fully saturated rings. The van der Waals surface area contributed by atoms with Crippen LogP contribution in [0.3, 0.4) is 0 Å². The van der Waals surface area contributed by atoms with Gasteiger partial charge in [0.25, 0.3) is 0 Å². The zero-order chi connectivity index (χ0) is 15.7. The molecule has 3 heteroatoms. The first-order valence-corrected chi connectivity index (χ1v) is 7.93. The fraction of sp³-hybridized carbons (Fsp3) is 0.368. The van der Waals surface area contributed by atoms with Crippen LogP contribution in [-0.4, -0.2) is 16.1 Å². The van der Waals surface area contributed by atoms with Crippen molar-refractivity contribution in [2.45, 2.75) is 45.4 Å². The van der Waals surface area contributed by atoms with Crippen molar-refractivity contribution in [1.29, 1.82) is 0 Å². The lowest BCUT2D eigenvalue weighted by atomic mass is 9.88. The van der Waals surface area contributed by atoms with E-state index in [1.54, 1.807) is 6.08 Å². The summed E-state index contributed by atoms with van der Waals surface area (Å²) in [5.74, 6) is -0.510. The third-order valence-electron chi connectivity index (χ3n) is 4.38. The molecule has 0 atom stereocenters. The molecule has 3 nitrogen and oxygen atoms in total. The summed E-state index contributed by atoms with van der Waals surface area (Å²) in [6.45, 7) is 4.34. The number of aliphatic carboxylic acids is 1. The number of carboxylic acids is 1. The van der Waals surface area contributed by atoms with E-state index in [0.717, 1.165) is 47.8 Å². The number of aryl methyl sites for hydroxylation is 1. The Balaban J connectivity index is 2.33. The highest BCUT2D eigenvalue weighted by atomic mass is 16.4. The summed E-state index contributed by atoms with van der Waals surface area (Å²) in [7, 11) is 0. The maximum atomic E-state index is 10.9. The molecule has 1 heterocycles. The Morgan fingerprint density at radius 2 is 2.05 bits per heavy atom.